The van der Waals surface area contributed by atoms with Gasteiger partial charge in [-0.25, -0.2) is 4.79 Å². The SMILES string of the molecule is COC(=O)c1cccc(N(C)Cc2ccncc2)c1N. The number of pyridine rings is 1. The molecular formula is C15H17N3O2. The molecule has 2 N–H and O–H groups in total. The van der Waals surface area contributed by atoms with Gasteiger partial charge in [-0.2, -0.15) is 0 Å². The van der Waals surface area contributed by atoms with E-state index in [4.69, 9.17) is 10.5 Å². The van der Waals surface area contributed by atoms with Crippen molar-refractivity contribution in [2.24, 2.45) is 0 Å². The second kappa shape index (κ2) is 6.06. The van der Waals surface area contributed by atoms with Gasteiger partial charge in [0.1, 0.15) is 0 Å². The number of hydrogen-bond acceptors (Lipinski definition) is 5. The van der Waals surface area contributed by atoms with Crippen molar-refractivity contribution in [3.05, 3.63) is 53.9 Å². The predicted molar refractivity (Wildman–Crippen MR) is 78.5 cm³/mol. The van der Waals surface area contributed by atoms with Crippen molar-refractivity contribution in [3.63, 3.8) is 0 Å². The van der Waals surface area contributed by atoms with Gasteiger partial charge < -0.3 is 15.4 Å². The van der Waals surface area contributed by atoms with E-state index in [0.29, 0.717) is 17.8 Å². The number of anilines is 2. The van der Waals surface area contributed by atoms with E-state index in [0.717, 1.165) is 11.3 Å². The van der Waals surface area contributed by atoms with Crippen molar-refractivity contribution in [1.82, 2.24) is 4.98 Å². The molecule has 0 aliphatic rings. The average molecular weight is 271 g/mol. The summed E-state index contributed by atoms with van der Waals surface area (Å²) in [6, 6.07) is 9.21. The van der Waals surface area contributed by atoms with Crippen LogP contribution in [0.2, 0.25) is 0 Å². The van der Waals surface area contributed by atoms with Gasteiger partial charge in [0.25, 0.3) is 0 Å². The number of nitrogens with two attached hydrogens (primary N) is 1. The molecule has 2 rings (SSSR count). The van der Waals surface area contributed by atoms with E-state index in [2.05, 4.69) is 4.98 Å². The number of hydrogen-bond donors (Lipinski definition) is 1. The summed E-state index contributed by atoms with van der Waals surface area (Å²) in [5, 5.41) is 0. The minimum atomic E-state index is -0.429. The van der Waals surface area contributed by atoms with Crippen molar-refractivity contribution < 1.29 is 9.53 Å². The molecule has 0 aliphatic carbocycles. The summed E-state index contributed by atoms with van der Waals surface area (Å²) in [5.74, 6) is -0.429. The highest BCUT2D eigenvalue weighted by Gasteiger charge is 2.15. The number of rotatable bonds is 4. The fourth-order valence-corrected chi connectivity index (χ4v) is 2.02. The third-order valence-electron chi connectivity index (χ3n) is 3.07. The number of carbonyl (C=O) groups excluding carboxylic acids is 1. The number of ether oxygens (including phenoxy) is 1. The number of esters is 1. The van der Waals surface area contributed by atoms with Crippen LogP contribution in [0.4, 0.5) is 11.4 Å². The summed E-state index contributed by atoms with van der Waals surface area (Å²) in [5.41, 5.74) is 8.78. The van der Waals surface area contributed by atoms with Gasteiger partial charge in [0.2, 0.25) is 0 Å². The molecule has 0 amide bonds. The van der Waals surface area contributed by atoms with Crippen LogP contribution in [-0.4, -0.2) is 25.1 Å². The molecule has 0 atom stereocenters. The minimum Gasteiger partial charge on any atom is -0.465 e. The largest absolute Gasteiger partial charge is 0.465 e. The fraction of sp³-hybridized carbons (Fsp3) is 0.200. The zero-order valence-corrected chi connectivity index (χ0v) is 11.5. The van der Waals surface area contributed by atoms with Gasteiger partial charge in [-0.3, -0.25) is 4.98 Å². The highest BCUT2D eigenvalue weighted by atomic mass is 16.5. The first-order valence-corrected chi connectivity index (χ1v) is 6.20. The molecule has 5 heteroatoms. The van der Waals surface area contributed by atoms with Crippen LogP contribution < -0.4 is 10.6 Å². The van der Waals surface area contributed by atoms with E-state index in [1.54, 1.807) is 24.5 Å². The lowest BCUT2D eigenvalue weighted by molar-refractivity contribution is 0.0602. The highest BCUT2D eigenvalue weighted by Crippen LogP contribution is 2.27. The molecule has 1 aromatic heterocycles. The van der Waals surface area contributed by atoms with Crippen LogP contribution in [0.1, 0.15) is 15.9 Å². The third kappa shape index (κ3) is 2.88. The summed E-state index contributed by atoms with van der Waals surface area (Å²) in [6.45, 7) is 0.678. The van der Waals surface area contributed by atoms with Crippen LogP contribution in [0, 0.1) is 0 Å². The lowest BCUT2D eigenvalue weighted by atomic mass is 10.1. The maximum Gasteiger partial charge on any atom is 0.340 e. The summed E-state index contributed by atoms with van der Waals surface area (Å²) < 4.78 is 4.72. The Morgan fingerprint density at radius 3 is 2.65 bits per heavy atom. The van der Waals surface area contributed by atoms with Crippen LogP contribution >= 0.6 is 0 Å². The molecule has 0 radical (unpaired) electrons. The molecule has 5 nitrogen and oxygen atoms in total. The quantitative estimate of drug-likeness (QED) is 0.681. The van der Waals surface area contributed by atoms with Crippen molar-refractivity contribution in [1.29, 1.82) is 0 Å². The molecule has 20 heavy (non-hydrogen) atoms. The van der Waals surface area contributed by atoms with Gasteiger partial charge >= 0.3 is 5.97 Å². The number of carbonyl (C=O) groups is 1. The van der Waals surface area contributed by atoms with Crippen molar-refractivity contribution in [2.75, 3.05) is 24.8 Å². The minimum absolute atomic E-state index is 0.381. The summed E-state index contributed by atoms with van der Waals surface area (Å²) in [6.07, 6.45) is 3.49. The van der Waals surface area contributed by atoms with Gasteiger partial charge in [0.15, 0.2) is 0 Å². The van der Waals surface area contributed by atoms with Gasteiger partial charge in [0.05, 0.1) is 24.0 Å². The summed E-state index contributed by atoms with van der Waals surface area (Å²) in [4.78, 5) is 17.6. The van der Waals surface area contributed by atoms with E-state index in [-0.39, 0.29) is 0 Å². The second-order valence-electron chi connectivity index (χ2n) is 4.44. The standard InChI is InChI=1S/C15H17N3O2/c1-18(10-11-6-8-17-9-7-11)13-5-3-4-12(14(13)16)15(19)20-2/h3-9H,10,16H2,1-2H3. The first-order valence-electron chi connectivity index (χ1n) is 6.20. The highest BCUT2D eigenvalue weighted by molar-refractivity contribution is 5.98. The molecule has 1 heterocycles. The van der Waals surface area contributed by atoms with Crippen molar-refractivity contribution in [2.45, 2.75) is 6.54 Å². The number of benzene rings is 1. The Morgan fingerprint density at radius 1 is 1.30 bits per heavy atom. The topological polar surface area (TPSA) is 68.5 Å². The maximum absolute atomic E-state index is 11.6. The lowest BCUT2D eigenvalue weighted by Crippen LogP contribution is -2.19. The molecule has 0 spiro atoms. The molecule has 1 aromatic carbocycles. The number of methoxy groups -OCH3 is 1. The molecule has 104 valence electrons. The molecular weight excluding hydrogens is 254 g/mol. The lowest BCUT2D eigenvalue weighted by Gasteiger charge is -2.22. The van der Waals surface area contributed by atoms with Gasteiger partial charge in [-0.05, 0) is 29.8 Å². The van der Waals surface area contributed by atoms with E-state index < -0.39 is 5.97 Å². The van der Waals surface area contributed by atoms with Crippen LogP contribution in [0.3, 0.4) is 0 Å². The molecule has 0 saturated carbocycles. The number of nitrogens with zero attached hydrogens (tertiary/aromatic N) is 2. The Bertz CT molecular complexity index is 599. The monoisotopic (exact) mass is 271 g/mol. The average Bonchev–Trinajstić information content (AvgIpc) is 2.47. The van der Waals surface area contributed by atoms with E-state index in [9.17, 15) is 4.79 Å². The Kier molecular flexibility index (Phi) is 4.20. The molecule has 0 aliphatic heterocycles. The predicted octanol–water partition coefficient (Wildman–Crippen LogP) is 2.09. The Hall–Kier alpha value is -2.56. The first-order chi connectivity index (χ1) is 9.63. The Balaban J connectivity index is 2.26. The van der Waals surface area contributed by atoms with Gasteiger partial charge in [-0.1, -0.05) is 6.07 Å². The zero-order valence-electron chi connectivity index (χ0n) is 11.5. The number of para-hydroxylation sites is 1. The number of nitrogen functional groups attached to an aromatic ring is 1. The van der Waals surface area contributed by atoms with E-state index in [1.165, 1.54) is 7.11 Å². The molecule has 0 unspecified atom stereocenters. The smallest absolute Gasteiger partial charge is 0.340 e. The van der Waals surface area contributed by atoms with Crippen molar-refractivity contribution >= 4 is 17.3 Å². The normalized spacial score (nSPS) is 10.1. The molecule has 2 aromatic rings. The van der Waals surface area contributed by atoms with Crippen LogP contribution in [0.5, 0.6) is 0 Å². The van der Waals surface area contributed by atoms with Crippen LogP contribution in [0.15, 0.2) is 42.7 Å². The fourth-order valence-electron chi connectivity index (χ4n) is 2.02. The van der Waals surface area contributed by atoms with Crippen LogP contribution in [-0.2, 0) is 11.3 Å². The van der Waals surface area contributed by atoms with Gasteiger partial charge in [0, 0.05) is 26.0 Å². The summed E-state index contributed by atoms with van der Waals surface area (Å²) >= 11 is 0. The van der Waals surface area contributed by atoms with E-state index >= 15 is 0 Å². The zero-order chi connectivity index (χ0) is 14.5. The Morgan fingerprint density at radius 2 is 2.00 bits per heavy atom. The maximum atomic E-state index is 11.6. The summed E-state index contributed by atoms with van der Waals surface area (Å²) in [7, 11) is 3.27. The van der Waals surface area contributed by atoms with Gasteiger partial charge in [-0.15, -0.1) is 0 Å². The molecule has 0 bridgehead atoms. The first kappa shape index (κ1) is 13.9. The van der Waals surface area contributed by atoms with Crippen LogP contribution in [0.25, 0.3) is 0 Å². The second-order valence-corrected chi connectivity index (χ2v) is 4.44. The molecule has 0 fully saturated rings. The van der Waals surface area contributed by atoms with Crippen molar-refractivity contribution in [3.8, 4) is 0 Å². The van der Waals surface area contributed by atoms with E-state index in [1.807, 2.05) is 30.1 Å². The Labute approximate surface area is 118 Å². The third-order valence-corrected chi connectivity index (χ3v) is 3.07. The number of aromatic nitrogens is 1. The molecule has 0 saturated heterocycles.